The number of pyridine rings is 1. The molecule has 0 N–H and O–H groups in total. The molecule has 11 rings (SSSR count). The molecule has 6 aromatic rings. The van der Waals surface area contributed by atoms with Gasteiger partial charge >= 0.3 is 0 Å². The fraction of sp³-hybridized carbons (Fsp3) is 0.151. The van der Waals surface area contributed by atoms with Gasteiger partial charge in [-0.3, -0.25) is 4.98 Å². The van der Waals surface area contributed by atoms with Crippen molar-refractivity contribution in [3.05, 3.63) is 240 Å². The zero-order valence-electron chi connectivity index (χ0n) is 31.0. The van der Waals surface area contributed by atoms with Gasteiger partial charge in [-0.2, -0.15) is 0 Å². The molecule has 0 radical (unpaired) electrons. The van der Waals surface area contributed by atoms with E-state index < -0.39 is 0 Å². The Morgan fingerprint density at radius 3 is 2.43 bits per heavy atom. The van der Waals surface area contributed by atoms with Crippen LogP contribution >= 0.6 is 11.8 Å². The predicted octanol–water partition coefficient (Wildman–Crippen LogP) is 12.1. The Labute approximate surface area is 333 Å². The van der Waals surface area contributed by atoms with E-state index in [0.717, 1.165) is 43.6 Å². The Bertz CT molecular complexity index is 2660. The highest BCUT2D eigenvalue weighted by Crippen LogP contribution is 2.54. The van der Waals surface area contributed by atoms with Gasteiger partial charge in [0.25, 0.3) is 0 Å². The number of nitrogens with zero attached hydrogens (tertiary/aromatic N) is 1. The van der Waals surface area contributed by atoms with Crippen LogP contribution in [0.1, 0.15) is 79.5 Å². The summed E-state index contributed by atoms with van der Waals surface area (Å²) in [6, 6.07) is 49.6. The van der Waals surface area contributed by atoms with Gasteiger partial charge in [0, 0.05) is 52.6 Å². The van der Waals surface area contributed by atoms with Crippen molar-refractivity contribution in [2.24, 2.45) is 5.92 Å². The van der Waals surface area contributed by atoms with Crippen LogP contribution in [0, 0.1) is 18.1 Å². The molecule has 5 aliphatic rings. The third kappa shape index (κ3) is 5.97. The Hall–Kier alpha value is -6.08. The van der Waals surface area contributed by atoms with E-state index in [-0.39, 0.29) is 11.8 Å². The van der Waals surface area contributed by atoms with Gasteiger partial charge in [-0.15, -0.1) is 0 Å². The molecule has 3 aliphatic carbocycles. The zero-order valence-corrected chi connectivity index (χ0v) is 31.9. The van der Waals surface area contributed by atoms with Crippen molar-refractivity contribution in [1.82, 2.24) is 4.98 Å². The molecule has 1 saturated heterocycles. The van der Waals surface area contributed by atoms with Gasteiger partial charge in [-0.25, -0.2) is 0 Å². The maximum absolute atomic E-state index is 5.85. The molecular formula is C53H39NOS. The summed E-state index contributed by atoms with van der Waals surface area (Å²) in [6.45, 7) is 0.762. The van der Waals surface area contributed by atoms with Crippen LogP contribution in [0.2, 0.25) is 0 Å². The van der Waals surface area contributed by atoms with E-state index in [1.807, 2.05) is 24.2 Å². The highest BCUT2D eigenvalue weighted by atomic mass is 32.2. The first kappa shape index (κ1) is 33.3. The number of hydrogen-bond donors (Lipinski definition) is 0. The van der Waals surface area contributed by atoms with Crippen molar-refractivity contribution in [1.29, 1.82) is 0 Å². The maximum atomic E-state index is 5.85. The number of allylic oxidation sites excluding steroid dienone is 7. The minimum absolute atomic E-state index is 0.0805. The van der Waals surface area contributed by atoms with Crippen LogP contribution in [0.3, 0.4) is 0 Å². The monoisotopic (exact) mass is 737 g/mol. The van der Waals surface area contributed by atoms with Crippen molar-refractivity contribution in [2.75, 3.05) is 6.61 Å². The molecule has 3 heteroatoms. The van der Waals surface area contributed by atoms with Gasteiger partial charge in [0.1, 0.15) is 5.75 Å². The summed E-state index contributed by atoms with van der Waals surface area (Å²) in [7, 11) is 0. The van der Waals surface area contributed by atoms with Gasteiger partial charge in [0.05, 0.1) is 6.61 Å². The number of rotatable bonds is 7. The molecule has 56 heavy (non-hydrogen) atoms. The Kier molecular flexibility index (Phi) is 8.26. The van der Waals surface area contributed by atoms with Crippen LogP contribution in [0.15, 0.2) is 167 Å². The molecule has 2 aliphatic heterocycles. The molecular weight excluding hydrogens is 699 g/mol. The van der Waals surface area contributed by atoms with Crippen molar-refractivity contribution in [3.63, 3.8) is 0 Å². The van der Waals surface area contributed by atoms with Crippen molar-refractivity contribution in [3.8, 4) is 5.75 Å². The molecule has 3 unspecified atom stereocenters. The molecule has 2 nitrogen and oxygen atoms in total. The van der Waals surface area contributed by atoms with Crippen molar-refractivity contribution < 1.29 is 4.74 Å². The van der Waals surface area contributed by atoms with Crippen LogP contribution in [0.25, 0.3) is 17.7 Å². The first-order valence-electron chi connectivity index (χ1n) is 19.8. The highest BCUT2D eigenvalue weighted by molar-refractivity contribution is 8.07. The molecule has 3 heterocycles. The van der Waals surface area contributed by atoms with E-state index in [1.54, 1.807) is 0 Å². The van der Waals surface area contributed by atoms with Crippen LogP contribution in [0.4, 0.5) is 0 Å². The summed E-state index contributed by atoms with van der Waals surface area (Å²) in [5.74, 6) is 1.57. The maximum Gasteiger partial charge on any atom is 0.122 e. The lowest BCUT2D eigenvalue weighted by molar-refractivity contribution is 0.357. The van der Waals surface area contributed by atoms with E-state index in [1.165, 1.54) is 82.2 Å². The van der Waals surface area contributed by atoms with Gasteiger partial charge in [-0.1, -0.05) is 151 Å². The Balaban J connectivity index is 0.894. The number of thioether (sulfide) groups is 1. The van der Waals surface area contributed by atoms with Gasteiger partial charge in [0.15, 0.2) is 0 Å². The number of aromatic nitrogens is 1. The first-order chi connectivity index (χ1) is 27.7. The quantitative estimate of drug-likeness (QED) is 0.163. The summed E-state index contributed by atoms with van der Waals surface area (Å²) < 4.78 is 5.85. The first-order valence-corrected chi connectivity index (χ1v) is 20.6. The smallest absolute Gasteiger partial charge is 0.122 e. The number of ether oxygens (including phenoxy) is 1. The third-order valence-electron chi connectivity index (χ3n) is 12.2. The lowest BCUT2D eigenvalue weighted by Gasteiger charge is -2.22. The number of fused-ring (bicyclic) bond motifs is 6. The Morgan fingerprint density at radius 1 is 0.714 bits per heavy atom. The second kappa shape index (κ2) is 13.9. The summed E-state index contributed by atoms with van der Waals surface area (Å²) in [5.41, 5.74) is 18.3. The SMILES string of the molecule is c1c(C(c2ccccc2)c2ccc3c(c2)CCO3)cc2c(c#1)CC1C(=C2)SC2=CCC(C(c3ccc(C4=Cc5ccccc5C4)cc3)c3cccnc3)=CC=C21. The van der Waals surface area contributed by atoms with Crippen LogP contribution < -0.4 is 4.74 Å². The van der Waals surface area contributed by atoms with Gasteiger partial charge < -0.3 is 4.74 Å². The lowest BCUT2D eigenvalue weighted by atomic mass is 9.81. The van der Waals surface area contributed by atoms with E-state index in [9.17, 15) is 0 Å². The summed E-state index contributed by atoms with van der Waals surface area (Å²) >= 11 is 1.96. The largest absolute Gasteiger partial charge is 0.493 e. The van der Waals surface area contributed by atoms with E-state index in [0.29, 0.717) is 5.92 Å². The van der Waals surface area contributed by atoms with E-state index in [2.05, 4.69) is 163 Å². The summed E-state index contributed by atoms with van der Waals surface area (Å²) in [5, 5.41) is 0. The number of benzene rings is 4. The third-order valence-corrected chi connectivity index (χ3v) is 13.5. The van der Waals surface area contributed by atoms with E-state index >= 15 is 0 Å². The molecule has 0 spiro atoms. The molecule has 0 saturated carbocycles. The molecule has 5 aromatic carbocycles. The van der Waals surface area contributed by atoms with E-state index in [4.69, 9.17) is 4.74 Å². The average molecular weight is 738 g/mol. The average Bonchev–Trinajstić information content (AvgIpc) is 3.95. The fourth-order valence-corrected chi connectivity index (χ4v) is 10.7. The van der Waals surface area contributed by atoms with Crippen molar-refractivity contribution >= 4 is 29.5 Å². The molecule has 268 valence electrons. The number of hydrogen-bond acceptors (Lipinski definition) is 3. The Morgan fingerprint density at radius 2 is 1.55 bits per heavy atom. The summed E-state index contributed by atoms with van der Waals surface area (Å²) in [4.78, 5) is 7.39. The predicted molar refractivity (Wildman–Crippen MR) is 229 cm³/mol. The zero-order chi connectivity index (χ0) is 37.0. The lowest BCUT2D eigenvalue weighted by Crippen LogP contribution is -2.11. The minimum Gasteiger partial charge on any atom is -0.493 e. The molecule has 0 bridgehead atoms. The molecule has 1 fully saturated rings. The van der Waals surface area contributed by atoms with Crippen LogP contribution in [-0.4, -0.2) is 11.6 Å². The van der Waals surface area contributed by atoms with Gasteiger partial charge in [0.2, 0.25) is 0 Å². The topological polar surface area (TPSA) is 22.1 Å². The van der Waals surface area contributed by atoms with Crippen LogP contribution in [-0.2, 0) is 19.3 Å². The van der Waals surface area contributed by atoms with Crippen molar-refractivity contribution in [2.45, 2.75) is 37.5 Å². The highest BCUT2D eigenvalue weighted by Gasteiger charge is 2.35. The molecule has 1 aromatic heterocycles. The second-order valence-electron chi connectivity index (χ2n) is 15.5. The second-order valence-corrected chi connectivity index (χ2v) is 16.6. The molecule has 3 atom stereocenters. The normalized spacial score (nSPS) is 18.5. The molecule has 0 amide bonds. The van der Waals surface area contributed by atoms with Crippen LogP contribution in [0.5, 0.6) is 5.75 Å². The minimum atomic E-state index is 0.0805. The van der Waals surface area contributed by atoms with Gasteiger partial charge in [-0.05, 0) is 110 Å². The summed E-state index contributed by atoms with van der Waals surface area (Å²) in [6.07, 6.45) is 19.8. The standard InChI is InChI=1S/C53H39NOS/c1-2-7-35(8-3-1)53(43-19-22-49-41(29-43)24-26-55-49)42-17-16-40-31-48-47-21-18-37(20-23-50(47)56-51(48)32-46(40)30-42)52(44-11-6-25-54-33-44)36-14-12-34(13-15-36)45-27-38-9-4-5-10-39(38)28-45/h1-15,18-19,21-23,25,27,29-30,32-33,48,52-53H,20,24,26,28,31H2. The fourth-order valence-electron chi connectivity index (χ4n) is 9.40.